The lowest BCUT2D eigenvalue weighted by molar-refractivity contribution is -0.274. The maximum atomic E-state index is 12.3. The Balaban J connectivity index is 1.73. The molecule has 26 heavy (non-hydrogen) atoms. The summed E-state index contributed by atoms with van der Waals surface area (Å²) >= 11 is 0. The van der Waals surface area contributed by atoms with E-state index in [2.05, 4.69) is 25.6 Å². The summed E-state index contributed by atoms with van der Waals surface area (Å²) in [5, 5.41) is 13.8. The molecule has 3 rings (SSSR count). The fraction of sp³-hybridized carbons (Fsp3) is 0.125. The lowest BCUT2D eigenvalue weighted by Gasteiger charge is -2.10. The molecule has 0 fully saturated rings. The lowest BCUT2D eigenvalue weighted by Crippen LogP contribution is -2.17. The Kier molecular flexibility index (Phi) is 4.57. The first-order valence-corrected chi connectivity index (χ1v) is 7.32. The van der Waals surface area contributed by atoms with Crippen molar-refractivity contribution in [3.05, 3.63) is 54.1 Å². The number of halogens is 3. The minimum absolute atomic E-state index is 0.185. The van der Waals surface area contributed by atoms with Gasteiger partial charge in [0.2, 0.25) is 0 Å². The molecule has 0 bridgehead atoms. The predicted molar refractivity (Wildman–Crippen MR) is 85.3 cm³/mol. The van der Waals surface area contributed by atoms with E-state index in [9.17, 15) is 18.0 Å². The molecule has 1 aromatic heterocycles. The van der Waals surface area contributed by atoms with Crippen molar-refractivity contribution in [3.8, 4) is 17.1 Å². The number of aryl methyl sites for hydroxylation is 1. The number of hydrogen-bond acceptors (Lipinski definition) is 5. The average Bonchev–Trinajstić information content (AvgIpc) is 3.00. The first-order valence-electron chi connectivity index (χ1n) is 7.32. The Morgan fingerprint density at radius 1 is 1.15 bits per heavy atom. The van der Waals surface area contributed by atoms with Gasteiger partial charge in [-0.2, -0.15) is 0 Å². The summed E-state index contributed by atoms with van der Waals surface area (Å²) in [6.45, 7) is 0. The average molecular weight is 363 g/mol. The number of aromatic nitrogens is 4. The monoisotopic (exact) mass is 363 g/mol. The molecule has 0 aliphatic rings. The van der Waals surface area contributed by atoms with Crippen molar-refractivity contribution < 1.29 is 22.7 Å². The van der Waals surface area contributed by atoms with E-state index in [1.54, 1.807) is 31.3 Å². The molecule has 0 aliphatic carbocycles. The van der Waals surface area contributed by atoms with Crippen LogP contribution in [-0.2, 0) is 7.05 Å². The zero-order chi connectivity index (χ0) is 18.7. The van der Waals surface area contributed by atoms with Gasteiger partial charge in [0.05, 0.1) is 0 Å². The van der Waals surface area contributed by atoms with Crippen molar-refractivity contribution in [2.45, 2.75) is 6.36 Å². The number of alkyl halides is 3. The van der Waals surface area contributed by atoms with Crippen LogP contribution in [0.2, 0.25) is 0 Å². The number of carbonyl (C=O) groups is 1. The zero-order valence-corrected chi connectivity index (χ0v) is 13.4. The van der Waals surface area contributed by atoms with Crippen LogP contribution in [0.5, 0.6) is 5.75 Å². The summed E-state index contributed by atoms with van der Waals surface area (Å²) in [5.41, 5.74) is 1.38. The number of anilines is 1. The Morgan fingerprint density at radius 3 is 2.50 bits per heavy atom. The topological polar surface area (TPSA) is 81.9 Å². The van der Waals surface area contributed by atoms with E-state index in [1.807, 2.05) is 0 Å². The van der Waals surface area contributed by atoms with Gasteiger partial charge in [0.25, 0.3) is 5.91 Å². The van der Waals surface area contributed by atoms with Crippen LogP contribution in [0.3, 0.4) is 0 Å². The fourth-order valence-corrected chi connectivity index (χ4v) is 2.22. The predicted octanol–water partition coefficient (Wildman–Crippen LogP) is 3.03. The molecule has 7 nitrogen and oxygen atoms in total. The number of rotatable bonds is 4. The van der Waals surface area contributed by atoms with Crippen LogP contribution in [0.25, 0.3) is 11.4 Å². The molecule has 10 heteroatoms. The van der Waals surface area contributed by atoms with Crippen molar-refractivity contribution in [2.75, 3.05) is 5.32 Å². The number of benzene rings is 2. The molecule has 0 spiro atoms. The van der Waals surface area contributed by atoms with Gasteiger partial charge in [-0.05, 0) is 46.8 Å². The van der Waals surface area contributed by atoms with Gasteiger partial charge in [-0.15, -0.1) is 18.3 Å². The summed E-state index contributed by atoms with van der Waals surface area (Å²) in [7, 11) is 1.69. The van der Waals surface area contributed by atoms with Gasteiger partial charge in [-0.25, -0.2) is 4.68 Å². The Hall–Kier alpha value is -3.43. The lowest BCUT2D eigenvalue weighted by atomic mass is 10.1. The van der Waals surface area contributed by atoms with E-state index in [-0.39, 0.29) is 5.56 Å². The number of amides is 1. The van der Waals surface area contributed by atoms with Crippen molar-refractivity contribution in [3.63, 3.8) is 0 Å². The summed E-state index contributed by atoms with van der Waals surface area (Å²) < 4.78 is 41.7. The number of nitrogens with one attached hydrogen (secondary N) is 1. The minimum atomic E-state index is -4.78. The highest BCUT2D eigenvalue weighted by Crippen LogP contribution is 2.23. The van der Waals surface area contributed by atoms with Crippen LogP contribution < -0.4 is 10.1 Å². The van der Waals surface area contributed by atoms with Gasteiger partial charge in [0, 0.05) is 23.9 Å². The molecular formula is C16H12F3N5O2. The molecule has 1 heterocycles. The highest BCUT2D eigenvalue weighted by molar-refractivity contribution is 6.04. The summed E-state index contributed by atoms with van der Waals surface area (Å²) in [6.07, 6.45) is -4.78. The Labute approximate surface area is 145 Å². The molecule has 1 amide bonds. The first-order chi connectivity index (χ1) is 12.3. The first kappa shape index (κ1) is 17.4. The maximum absolute atomic E-state index is 12.3. The van der Waals surface area contributed by atoms with Crippen molar-refractivity contribution >= 4 is 11.6 Å². The highest BCUT2D eigenvalue weighted by atomic mass is 19.4. The van der Waals surface area contributed by atoms with Crippen LogP contribution in [0, 0.1) is 0 Å². The number of hydrogen-bond donors (Lipinski definition) is 1. The molecular weight excluding hydrogens is 351 g/mol. The minimum Gasteiger partial charge on any atom is -0.406 e. The van der Waals surface area contributed by atoms with Crippen molar-refractivity contribution in [2.24, 2.45) is 7.05 Å². The fourth-order valence-electron chi connectivity index (χ4n) is 2.22. The van der Waals surface area contributed by atoms with Crippen molar-refractivity contribution in [1.29, 1.82) is 0 Å². The molecule has 0 radical (unpaired) electrons. The molecule has 0 saturated heterocycles. The van der Waals surface area contributed by atoms with E-state index in [1.165, 1.54) is 16.8 Å². The summed E-state index contributed by atoms with van der Waals surface area (Å²) in [5.74, 6) is -0.350. The molecule has 1 N–H and O–H groups in total. The van der Waals surface area contributed by atoms with E-state index >= 15 is 0 Å². The standard InChI is InChI=1S/C16H12F3N5O2/c1-24-14(21-22-23-24)11-3-2-4-12(9-11)20-15(25)10-5-7-13(8-6-10)26-16(17,18)19/h2-9H,1H3,(H,20,25). The van der Waals surface area contributed by atoms with E-state index < -0.39 is 18.0 Å². The normalized spacial score (nSPS) is 11.2. The molecule has 134 valence electrons. The Bertz CT molecular complexity index is 922. The van der Waals surface area contributed by atoms with Crippen LogP contribution in [0.4, 0.5) is 18.9 Å². The molecule has 0 atom stereocenters. The van der Waals surface area contributed by atoms with Gasteiger partial charge >= 0.3 is 6.36 Å². The molecule has 0 saturated carbocycles. The quantitative estimate of drug-likeness (QED) is 0.771. The number of tetrazole rings is 1. The van der Waals surface area contributed by atoms with Crippen LogP contribution in [-0.4, -0.2) is 32.5 Å². The second-order valence-corrected chi connectivity index (χ2v) is 5.23. The smallest absolute Gasteiger partial charge is 0.406 e. The second kappa shape index (κ2) is 6.82. The Morgan fingerprint density at radius 2 is 1.88 bits per heavy atom. The van der Waals surface area contributed by atoms with Gasteiger partial charge in [-0.3, -0.25) is 4.79 Å². The van der Waals surface area contributed by atoms with E-state index in [4.69, 9.17) is 0 Å². The van der Waals surface area contributed by atoms with Gasteiger partial charge in [0.1, 0.15) is 5.75 Å². The summed E-state index contributed by atoms with van der Waals surface area (Å²) in [4.78, 5) is 12.3. The largest absolute Gasteiger partial charge is 0.573 e. The maximum Gasteiger partial charge on any atom is 0.573 e. The third kappa shape index (κ3) is 4.15. The zero-order valence-electron chi connectivity index (χ0n) is 13.4. The highest BCUT2D eigenvalue weighted by Gasteiger charge is 2.31. The molecule has 2 aromatic carbocycles. The molecule has 0 unspecified atom stereocenters. The second-order valence-electron chi connectivity index (χ2n) is 5.23. The van der Waals surface area contributed by atoms with Gasteiger partial charge < -0.3 is 10.1 Å². The van der Waals surface area contributed by atoms with Crippen LogP contribution in [0.15, 0.2) is 48.5 Å². The van der Waals surface area contributed by atoms with E-state index in [0.29, 0.717) is 17.1 Å². The number of ether oxygens (including phenoxy) is 1. The SMILES string of the molecule is Cn1nnnc1-c1cccc(NC(=O)c2ccc(OC(F)(F)F)cc2)c1. The number of nitrogens with zero attached hydrogens (tertiary/aromatic N) is 4. The third-order valence-electron chi connectivity index (χ3n) is 3.35. The third-order valence-corrected chi connectivity index (χ3v) is 3.35. The van der Waals surface area contributed by atoms with Crippen LogP contribution in [0.1, 0.15) is 10.4 Å². The molecule has 0 aliphatic heterocycles. The van der Waals surface area contributed by atoms with Crippen LogP contribution >= 0.6 is 0 Å². The summed E-state index contributed by atoms with van der Waals surface area (Å²) in [6, 6.07) is 11.5. The molecule has 3 aromatic rings. The van der Waals surface area contributed by atoms with Gasteiger partial charge in [0.15, 0.2) is 5.82 Å². The van der Waals surface area contributed by atoms with E-state index in [0.717, 1.165) is 12.1 Å². The number of carbonyl (C=O) groups excluding carboxylic acids is 1. The van der Waals surface area contributed by atoms with Crippen molar-refractivity contribution in [1.82, 2.24) is 20.2 Å². The van der Waals surface area contributed by atoms with Gasteiger partial charge in [-0.1, -0.05) is 12.1 Å².